The molecule has 1 aliphatic heterocycles. The number of hydrogen-bond donors (Lipinski definition) is 2. The van der Waals surface area contributed by atoms with E-state index < -0.39 is 0 Å². The molecular formula is C22H39N5O. The Bertz CT molecular complexity index is 633. The Hall–Kier alpha value is -1.40. The third-order valence-corrected chi connectivity index (χ3v) is 6.84. The van der Waals surface area contributed by atoms with Crippen LogP contribution in [0.15, 0.2) is 6.20 Å². The summed E-state index contributed by atoms with van der Waals surface area (Å²) in [6.07, 6.45) is 8.44. The summed E-state index contributed by atoms with van der Waals surface area (Å²) in [4.78, 5) is 17.6. The number of aromatic nitrogens is 2. The number of nitrogens with one attached hydrogen (secondary N) is 2. The zero-order chi connectivity index (χ0) is 20.1. The van der Waals surface area contributed by atoms with Gasteiger partial charge in [0.1, 0.15) is 0 Å². The van der Waals surface area contributed by atoms with Crippen molar-refractivity contribution in [3.05, 3.63) is 17.5 Å². The molecule has 1 saturated carbocycles. The zero-order valence-corrected chi connectivity index (χ0v) is 18.3. The van der Waals surface area contributed by atoms with Gasteiger partial charge in [-0.05, 0) is 58.5 Å². The smallest absolute Gasteiger partial charge is 0.228 e. The lowest BCUT2D eigenvalue weighted by Crippen LogP contribution is -2.38. The van der Waals surface area contributed by atoms with Crippen LogP contribution < -0.4 is 5.32 Å². The summed E-state index contributed by atoms with van der Waals surface area (Å²) in [6, 6.07) is 0. The van der Waals surface area contributed by atoms with Crippen LogP contribution in [0.25, 0.3) is 0 Å². The molecule has 3 rings (SSSR count). The predicted molar refractivity (Wildman–Crippen MR) is 113 cm³/mol. The van der Waals surface area contributed by atoms with Crippen molar-refractivity contribution in [2.45, 2.75) is 64.8 Å². The van der Waals surface area contributed by atoms with Gasteiger partial charge in [0.05, 0.1) is 11.1 Å². The Balaban J connectivity index is 1.56. The summed E-state index contributed by atoms with van der Waals surface area (Å²) in [6.45, 7) is 9.31. The normalized spacial score (nSPS) is 25.6. The number of likely N-dealkylation sites (N-methyl/N-ethyl adjacent to an activating group) is 2. The van der Waals surface area contributed by atoms with Crippen molar-refractivity contribution in [3.8, 4) is 0 Å². The zero-order valence-electron chi connectivity index (χ0n) is 18.3. The topological polar surface area (TPSA) is 64.3 Å². The van der Waals surface area contributed by atoms with E-state index in [-0.39, 0.29) is 5.41 Å². The molecule has 1 amide bonds. The van der Waals surface area contributed by atoms with Crippen LogP contribution in [-0.2, 0) is 11.3 Å². The molecule has 0 aromatic carbocycles. The monoisotopic (exact) mass is 389 g/mol. The van der Waals surface area contributed by atoms with Gasteiger partial charge in [-0.2, -0.15) is 5.10 Å². The Labute approximate surface area is 170 Å². The van der Waals surface area contributed by atoms with E-state index in [2.05, 4.69) is 52.4 Å². The number of hydrogen-bond acceptors (Lipinski definition) is 4. The maximum absolute atomic E-state index is 13.1. The SMILES string of the molecule is CNCCN(C)Cc1c[nH]nc1[C@H]1CC[C@@]2(CCN(CCC(C)C)C2=O)CC1. The van der Waals surface area contributed by atoms with E-state index in [1.807, 2.05) is 7.05 Å². The molecule has 0 unspecified atom stereocenters. The summed E-state index contributed by atoms with van der Waals surface area (Å²) in [5.74, 6) is 1.58. The van der Waals surface area contributed by atoms with Crippen molar-refractivity contribution in [2.75, 3.05) is 40.3 Å². The quantitative estimate of drug-likeness (QED) is 0.681. The molecule has 0 radical (unpaired) electrons. The third-order valence-electron chi connectivity index (χ3n) is 6.84. The maximum atomic E-state index is 13.1. The molecule has 0 atom stereocenters. The molecule has 2 heterocycles. The van der Waals surface area contributed by atoms with Crippen molar-refractivity contribution in [2.24, 2.45) is 11.3 Å². The van der Waals surface area contributed by atoms with E-state index in [1.165, 1.54) is 11.3 Å². The highest BCUT2D eigenvalue weighted by Crippen LogP contribution is 2.49. The molecule has 2 aliphatic rings. The molecule has 2 fully saturated rings. The first kappa shape index (κ1) is 21.3. The fraction of sp³-hybridized carbons (Fsp3) is 0.818. The molecule has 1 aromatic heterocycles. The van der Waals surface area contributed by atoms with Gasteiger partial charge in [-0.3, -0.25) is 9.89 Å². The molecule has 158 valence electrons. The van der Waals surface area contributed by atoms with Gasteiger partial charge in [0.25, 0.3) is 0 Å². The summed E-state index contributed by atoms with van der Waals surface area (Å²) < 4.78 is 0. The highest BCUT2D eigenvalue weighted by Gasteiger charge is 2.48. The van der Waals surface area contributed by atoms with E-state index in [9.17, 15) is 4.79 Å². The Kier molecular flexibility index (Phi) is 7.15. The van der Waals surface area contributed by atoms with Gasteiger partial charge in [0.2, 0.25) is 5.91 Å². The van der Waals surface area contributed by atoms with Gasteiger partial charge in [-0.15, -0.1) is 0 Å². The second-order valence-corrected chi connectivity index (χ2v) is 9.42. The summed E-state index contributed by atoms with van der Waals surface area (Å²) in [7, 11) is 4.15. The van der Waals surface area contributed by atoms with Gasteiger partial charge >= 0.3 is 0 Å². The molecule has 1 saturated heterocycles. The molecular weight excluding hydrogens is 350 g/mol. The molecule has 1 spiro atoms. The van der Waals surface area contributed by atoms with E-state index in [0.29, 0.717) is 17.7 Å². The second kappa shape index (κ2) is 9.40. The lowest BCUT2D eigenvalue weighted by molar-refractivity contribution is -0.137. The number of rotatable bonds is 9. The number of carbonyl (C=O) groups is 1. The van der Waals surface area contributed by atoms with E-state index >= 15 is 0 Å². The van der Waals surface area contributed by atoms with E-state index in [4.69, 9.17) is 0 Å². The molecule has 1 aromatic rings. The molecule has 28 heavy (non-hydrogen) atoms. The minimum atomic E-state index is -0.0759. The minimum Gasteiger partial charge on any atom is -0.342 e. The summed E-state index contributed by atoms with van der Waals surface area (Å²) in [5.41, 5.74) is 2.47. The van der Waals surface area contributed by atoms with Gasteiger partial charge in [0, 0.05) is 50.4 Å². The van der Waals surface area contributed by atoms with E-state index in [0.717, 1.165) is 71.2 Å². The van der Waals surface area contributed by atoms with Crippen LogP contribution in [0.5, 0.6) is 0 Å². The van der Waals surface area contributed by atoms with Crippen molar-refractivity contribution in [1.82, 2.24) is 25.3 Å². The average Bonchev–Trinajstić information content (AvgIpc) is 3.25. The highest BCUT2D eigenvalue weighted by atomic mass is 16.2. The fourth-order valence-corrected chi connectivity index (χ4v) is 4.91. The lowest BCUT2D eigenvalue weighted by Gasteiger charge is -2.35. The largest absolute Gasteiger partial charge is 0.342 e. The number of likely N-dealkylation sites (tertiary alicyclic amines) is 1. The molecule has 0 bridgehead atoms. The first-order valence-corrected chi connectivity index (χ1v) is 11.1. The van der Waals surface area contributed by atoms with Gasteiger partial charge < -0.3 is 15.1 Å². The maximum Gasteiger partial charge on any atom is 0.228 e. The van der Waals surface area contributed by atoms with Crippen LogP contribution in [0.1, 0.15) is 69.5 Å². The number of amides is 1. The van der Waals surface area contributed by atoms with Gasteiger partial charge in [0.15, 0.2) is 0 Å². The van der Waals surface area contributed by atoms with Crippen molar-refractivity contribution >= 4 is 5.91 Å². The third kappa shape index (κ3) is 4.77. The fourth-order valence-electron chi connectivity index (χ4n) is 4.91. The average molecular weight is 390 g/mol. The van der Waals surface area contributed by atoms with Crippen molar-refractivity contribution in [1.29, 1.82) is 0 Å². The van der Waals surface area contributed by atoms with Crippen LogP contribution in [0.3, 0.4) is 0 Å². The van der Waals surface area contributed by atoms with Crippen LogP contribution in [0.4, 0.5) is 0 Å². The number of aromatic amines is 1. The Morgan fingerprint density at radius 2 is 2.11 bits per heavy atom. The number of carbonyl (C=O) groups excluding carboxylic acids is 1. The first-order chi connectivity index (χ1) is 13.4. The molecule has 1 aliphatic carbocycles. The minimum absolute atomic E-state index is 0.0759. The predicted octanol–water partition coefficient (Wildman–Crippen LogP) is 2.98. The molecule has 2 N–H and O–H groups in total. The van der Waals surface area contributed by atoms with Gasteiger partial charge in [-0.1, -0.05) is 13.8 Å². The molecule has 6 heteroatoms. The summed E-state index contributed by atoms with van der Waals surface area (Å²) >= 11 is 0. The number of nitrogens with zero attached hydrogens (tertiary/aromatic N) is 3. The van der Waals surface area contributed by atoms with E-state index in [1.54, 1.807) is 0 Å². The molecule has 6 nitrogen and oxygen atoms in total. The highest BCUT2D eigenvalue weighted by molar-refractivity contribution is 5.85. The van der Waals surface area contributed by atoms with Crippen LogP contribution in [0, 0.1) is 11.3 Å². The van der Waals surface area contributed by atoms with Crippen LogP contribution in [-0.4, -0.2) is 66.2 Å². The van der Waals surface area contributed by atoms with Crippen molar-refractivity contribution in [3.63, 3.8) is 0 Å². The summed E-state index contributed by atoms with van der Waals surface area (Å²) in [5, 5.41) is 10.9. The van der Waals surface area contributed by atoms with Crippen LogP contribution in [0.2, 0.25) is 0 Å². The standard InChI is InChI=1S/C22H39N5O/c1-17(2)7-12-27-13-10-22(21(27)28)8-5-18(6-9-22)20-19(15-24-25-20)16-26(4)14-11-23-3/h15,17-18,23H,5-14,16H2,1-4H3,(H,24,25)/t18-,22-. The number of H-pyrrole nitrogens is 1. The Morgan fingerprint density at radius 1 is 1.36 bits per heavy atom. The first-order valence-electron chi connectivity index (χ1n) is 11.1. The van der Waals surface area contributed by atoms with Crippen molar-refractivity contribution < 1.29 is 4.79 Å². The lowest BCUT2D eigenvalue weighted by atomic mass is 9.68. The second-order valence-electron chi connectivity index (χ2n) is 9.42. The van der Waals surface area contributed by atoms with Crippen LogP contribution >= 0.6 is 0 Å². The van der Waals surface area contributed by atoms with Gasteiger partial charge in [-0.25, -0.2) is 0 Å². The Morgan fingerprint density at radius 3 is 2.79 bits per heavy atom.